The van der Waals surface area contributed by atoms with Crippen molar-refractivity contribution in [2.24, 2.45) is 0 Å². The number of carbonyl (C=O) groups excluding carboxylic acids is 2. The summed E-state index contributed by atoms with van der Waals surface area (Å²) >= 11 is 0. The second kappa shape index (κ2) is 5.31. The van der Waals surface area contributed by atoms with Gasteiger partial charge in [0.1, 0.15) is 5.60 Å². The number of carbonyl (C=O) groups is 2. The van der Waals surface area contributed by atoms with Crippen LogP contribution in [0.5, 0.6) is 0 Å². The third-order valence-electron chi connectivity index (χ3n) is 2.37. The molecule has 0 spiro atoms. The molecule has 1 atom stereocenters. The van der Waals surface area contributed by atoms with E-state index in [-0.39, 0.29) is 17.9 Å². The van der Waals surface area contributed by atoms with Crippen LogP contribution in [0.1, 0.15) is 20.8 Å². The molecule has 1 aliphatic heterocycles. The lowest BCUT2D eigenvalue weighted by molar-refractivity contribution is -0.117. The lowest BCUT2D eigenvalue weighted by Crippen LogP contribution is -2.56. The number of rotatable bonds is 2. The fraction of sp³-hybridized carbons (Fsp3) is 0.667. The Bertz CT molecular complexity index is 320. The van der Waals surface area contributed by atoms with Crippen molar-refractivity contribution in [1.82, 2.24) is 10.2 Å². The third kappa shape index (κ3) is 4.19. The van der Waals surface area contributed by atoms with E-state index in [1.54, 1.807) is 4.90 Å². The van der Waals surface area contributed by atoms with E-state index in [9.17, 15) is 9.59 Å². The van der Waals surface area contributed by atoms with Crippen LogP contribution in [0.25, 0.3) is 0 Å². The first-order valence-electron chi connectivity index (χ1n) is 5.71. The molecule has 0 aromatic rings. The number of hydrogen-bond acceptors (Lipinski definition) is 4. The summed E-state index contributed by atoms with van der Waals surface area (Å²) in [7, 11) is 0. The lowest BCUT2D eigenvalue weighted by Gasteiger charge is -2.33. The smallest absolute Gasteiger partial charge is 0.410 e. The predicted octanol–water partition coefficient (Wildman–Crippen LogP) is 0.950. The molecule has 5 nitrogen and oxygen atoms in total. The number of amides is 1. The van der Waals surface area contributed by atoms with Crippen molar-refractivity contribution in [3.8, 4) is 0 Å². The van der Waals surface area contributed by atoms with Gasteiger partial charge in [-0.05, 0) is 26.8 Å². The summed E-state index contributed by atoms with van der Waals surface area (Å²) in [6.07, 6.45) is 0.900. The van der Waals surface area contributed by atoms with Crippen LogP contribution in [-0.4, -0.2) is 48.1 Å². The third-order valence-corrected chi connectivity index (χ3v) is 2.37. The Kier molecular flexibility index (Phi) is 4.28. The minimum Gasteiger partial charge on any atom is -0.444 e. The lowest BCUT2D eigenvalue weighted by atomic mass is 10.1. The number of ether oxygens (including phenoxy) is 1. The monoisotopic (exact) mass is 240 g/mol. The number of nitrogens with one attached hydrogen (secondary N) is 1. The molecular weight excluding hydrogens is 220 g/mol. The van der Waals surface area contributed by atoms with Crippen molar-refractivity contribution in [2.75, 3.05) is 19.6 Å². The van der Waals surface area contributed by atoms with Crippen LogP contribution < -0.4 is 5.32 Å². The molecule has 0 saturated carbocycles. The van der Waals surface area contributed by atoms with Crippen molar-refractivity contribution in [3.63, 3.8) is 0 Å². The van der Waals surface area contributed by atoms with Gasteiger partial charge >= 0.3 is 6.09 Å². The van der Waals surface area contributed by atoms with Crippen molar-refractivity contribution in [1.29, 1.82) is 0 Å². The van der Waals surface area contributed by atoms with Gasteiger partial charge in [-0.2, -0.15) is 0 Å². The van der Waals surface area contributed by atoms with E-state index >= 15 is 0 Å². The van der Waals surface area contributed by atoms with E-state index in [4.69, 9.17) is 4.74 Å². The summed E-state index contributed by atoms with van der Waals surface area (Å²) in [6, 6.07) is -0.367. The highest BCUT2D eigenvalue weighted by Gasteiger charge is 2.29. The van der Waals surface area contributed by atoms with Gasteiger partial charge in [0.2, 0.25) is 0 Å². The van der Waals surface area contributed by atoms with Crippen LogP contribution in [0.2, 0.25) is 0 Å². The molecule has 96 valence electrons. The van der Waals surface area contributed by atoms with Crippen LogP contribution in [0.4, 0.5) is 4.79 Å². The molecule has 1 rings (SSSR count). The predicted molar refractivity (Wildman–Crippen MR) is 64.8 cm³/mol. The first-order valence-corrected chi connectivity index (χ1v) is 5.71. The van der Waals surface area contributed by atoms with Crippen LogP contribution in [-0.2, 0) is 9.53 Å². The Labute approximate surface area is 102 Å². The summed E-state index contributed by atoms with van der Waals surface area (Å²) in [4.78, 5) is 24.8. The van der Waals surface area contributed by atoms with E-state index in [1.807, 2.05) is 20.8 Å². The second-order valence-electron chi connectivity index (χ2n) is 5.04. The van der Waals surface area contributed by atoms with Gasteiger partial charge < -0.3 is 15.0 Å². The molecule has 1 aliphatic rings. The molecule has 0 radical (unpaired) electrons. The molecular formula is C12H20N2O3. The van der Waals surface area contributed by atoms with Gasteiger partial charge in [0.25, 0.3) is 0 Å². The van der Waals surface area contributed by atoms with Crippen LogP contribution in [0.15, 0.2) is 12.7 Å². The Morgan fingerprint density at radius 2 is 2.12 bits per heavy atom. The zero-order valence-corrected chi connectivity index (χ0v) is 10.7. The fourth-order valence-electron chi connectivity index (χ4n) is 1.58. The van der Waals surface area contributed by atoms with Crippen molar-refractivity contribution in [3.05, 3.63) is 12.7 Å². The maximum absolute atomic E-state index is 11.8. The highest BCUT2D eigenvalue weighted by molar-refractivity contribution is 5.94. The minimum absolute atomic E-state index is 0.0988. The van der Waals surface area contributed by atoms with Crippen molar-refractivity contribution in [2.45, 2.75) is 32.4 Å². The largest absolute Gasteiger partial charge is 0.444 e. The Morgan fingerprint density at radius 3 is 2.65 bits per heavy atom. The summed E-state index contributed by atoms with van der Waals surface area (Å²) < 4.78 is 5.26. The Balaban J connectivity index is 2.57. The quantitative estimate of drug-likeness (QED) is 0.730. The van der Waals surface area contributed by atoms with Gasteiger partial charge in [-0.25, -0.2) is 4.79 Å². The van der Waals surface area contributed by atoms with Crippen LogP contribution in [0.3, 0.4) is 0 Å². The summed E-state index contributed by atoms with van der Waals surface area (Å²) in [6.45, 7) is 10.4. The average Bonchev–Trinajstić information content (AvgIpc) is 2.26. The van der Waals surface area contributed by atoms with E-state index in [1.165, 1.54) is 6.08 Å². The second-order valence-corrected chi connectivity index (χ2v) is 5.04. The van der Waals surface area contributed by atoms with E-state index in [0.717, 1.165) is 0 Å². The Morgan fingerprint density at radius 1 is 1.47 bits per heavy atom. The van der Waals surface area contributed by atoms with Crippen molar-refractivity contribution < 1.29 is 14.3 Å². The molecule has 1 heterocycles. The molecule has 0 bridgehead atoms. The normalized spacial score (nSPS) is 20.9. The highest BCUT2D eigenvalue weighted by Crippen LogP contribution is 2.11. The molecule has 1 unspecified atom stereocenters. The zero-order chi connectivity index (χ0) is 13.1. The van der Waals surface area contributed by atoms with E-state index in [2.05, 4.69) is 11.9 Å². The van der Waals surface area contributed by atoms with Gasteiger partial charge in [0.05, 0.1) is 6.04 Å². The number of hydrogen-bond donors (Lipinski definition) is 1. The summed E-state index contributed by atoms with van der Waals surface area (Å²) in [5.41, 5.74) is -0.514. The highest BCUT2D eigenvalue weighted by atomic mass is 16.6. The molecule has 0 aromatic carbocycles. The fourth-order valence-corrected chi connectivity index (χ4v) is 1.58. The average molecular weight is 240 g/mol. The molecule has 0 aliphatic carbocycles. The molecule has 0 aromatic heterocycles. The van der Waals surface area contributed by atoms with Gasteiger partial charge in [-0.1, -0.05) is 6.58 Å². The molecule has 5 heteroatoms. The van der Waals surface area contributed by atoms with Gasteiger partial charge in [-0.3, -0.25) is 4.79 Å². The minimum atomic E-state index is -0.514. The van der Waals surface area contributed by atoms with Gasteiger partial charge in [0, 0.05) is 19.6 Å². The number of piperazine rings is 1. The topological polar surface area (TPSA) is 58.6 Å². The summed E-state index contributed by atoms with van der Waals surface area (Å²) in [5.74, 6) is -0.0988. The van der Waals surface area contributed by atoms with E-state index < -0.39 is 5.60 Å². The number of nitrogens with zero attached hydrogens (tertiary/aromatic N) is 1. The van der Waals surface area contributed by atoms with Crippen LogP contribution >= 0.6 is 0 Å². The van der Waals surface area contributed by atoms with Gasteiger partial charge in [0.15, 0.2) is 5.78 Å². The zero-order valence-electron chi connectivity index (χ0n) is 10.7. The van der Waals surface area contributed by atoms with Gasteiger partial charge in [-0.15, -0.1) is 0 Å². The SMILES string of the molecule is C=CC(=O)C1CN(C(=O)OC(C)(C)C)CCN1. The maximum atomic E-state index is 11.8. The molecule has 17 heavy (non-hydrogen) atoms. The summed E-state index contributed by atoms with van der Waals surface area (Å²) in [5, 5.41) is 3.05. The molecule has 1 N–H and O–H groups in total. The molecule has 1 fully saturated rings. The molecule has 1 amide bonds. The first-order chi connectivity index (χ1) is 7.83. The van der Waals surface area contributed by atoms with E-state index in [0.29, 0.717) is 19.6 Å². The molecule has 1 saturated heterocycles. The Hall–Kier alpha value is -1.36. The maximum Gasteiger partial charge on any atom is 0.410 e. The standard InChI is InChI=1S/C12H20N2O3/c1-5-10(15)9-8-14(7-6-13-9)11(16)17-12(2,3)4/h5,9,13H,1,6-8H2,2-4H3. The van der Waals surface area contributed by atoms with Crippen molar-refractivity contribution >= 4 is 11.9 Å². The van der Waals surface area contributed by atoms with Crippen LogP contribution in [0, 0.1) is 0 Å². The first kappa shape index (κ1) is 13.7. The number of ketones is 1.